The molecule has 0 aliphatic carbocycles. The monoisotopic (exact) mass is 480 g/mol. The minimum absolute atomic E-state index is 0.000687. The van der Waals surface area contributed by atoms with Crippen molar-refractivity contribution in [3.8, 4) is 5.75 Å². The van der Waals surface area contributed by atoms with Crippen molar-refractivity contribution in [1.29, 1.82) is 0 Å². The van der Waals surface area contributed by atoms with Gasteiger partial charge in [-0.05, 0) is 85.1 Å². The van der Waals surface area contributed by atoms with E-state index < -0.39 is 10.0 Å². The van der Waals surface area contributed by atoms with Crippen LogP contribution in [0.2, 0.25) is 0 Å². The number of nitrogens with zero attached hydrogens (tertiary/aromatic N) is 2. The van der Waals surface area contributed by atoms with Gasteiger partial charge >= 0.3 is 0 Å². The van der Waals surface area contributed by atoms with Crippen molar-refractivity contribution < 1.29 is 17.9 Å². The van der Waals surface area contributed by atoms with Crippen molar-refractivity contribution in [2.24, 2.45) is 0 Å². The Balaban J connectivity index is 2.05. The Morgan fingerprint density at radius 2 is 1.90 bits per heavy atom. The summed E-state index contributed by atoms with van der Waals surface area (Å²) in [5.41, 5.74) is 2.18. The highest BCUT2D eigenvalue weighted by atomic mass is 79.9. The van der Waals surface area contributed by atoms with E-state index in [2.05, 4.69) is 15.9 Å². The number of halogens is 1. The summed E-state index contributed by atoms with van der Waals surface area (Å²) in [6, 6.07) is 10.4. The maximum absolute atomic E-state index is 13.5. The van der Waals surface area contributed by atoms with Crippen molar-refractivity contribution >= 4 is 43.2 Å². The fourth-order valence-corrected chi connectivity index (χ4v) is 6.33. The lowest BCUT2D eigenvalue weighted by Gasteiger charge is -2.25. The summed E-state index contributed by atoms with van der Waals surface area (Å²) in [4.78, 5) is 13.9. The smallest absolute Gasteiger partial charge is 0.265 e. The molecule has 0 spiro atoms. The van der Waals surface area contributed by atoms with Crippen LogP contribution in [0.4, 0.5) is 11.4 Å². The van der Waals surface area contributed by atoms with Gasteiger partial charge in [-0.2, -0.15) is 0 Å². The summed E-state index contributed by atoms with van der Waals surface area (Å²) in [6.45, 7) is 7.96. The number of hydrogen-bond acceptors (Lipinski definition) is 4. The Hall–Kier alpha value is -2.06. The number of hydrogen-bond donors (Lipinski definition) is 0. The van der Waals surface area contributed by atoms with Crippen LogP contribution in [0, 0.1) is 0 Å². The molecule has 1 aliphatic heterocycles. The number of amides is 1. The Kier molecular flexibility index (Phi) is 6.24. The summed E-state index contributed by atoms with van der Waals surface area (Å²) in [7, 11) is -3.84. The second-order valence-corrected chi connectivity index (χ2v) is 9.64. The highest BCUT2D eigenvalue weighted by Crippen LogP contribution is 2.39. The van der Waals surface area contributed by atoms with Gasteiger partial charge in [0.05, 0.1) is 12.3 Å². The van der Waals surface area contributed by atoms with Crippen LogP contribution in [-0.2, 0) is 21.2 Å². The standard InChI is InChI=1S/C21H25BrN2O4S/c1-5-23(17-7-9-18(10-8-17)28-6-2)29(26,27)21-13-20-16(12-19(21)22)11-14(3)24(20)15(4)25/h7-10,12-14H,5-6,11H2,1-4H3/t14-/m0/s1. The van der Waals surface area contributed by atoms with E-state index in [1.54, 1.807) is 42.2 Å². The molecule has 0 N–H and O–H groups in total. The average molecular weight is 481 g/mol. The highest BCUT2D eigenvalue weighted by molar-refractivity contribution is 9.10. The fraction of sp³-hybridized carbons (Fsp3) is 0.381. The summed E-state index contributed by atoms with van der Waals surface area (Å²) in [6.07, 6.45) is 0.699. The van der Waals surface area contributed by atoms with Gasteiger partial charge in [-0.25, -0.2) is 8.42 Å². The molecular formula is C21H25BrN2O4S. The lowest BCUT2D eigenvalue weighted by Crippen LogP contribution is -2.34. The number of carbonyl (C=O) groups is 1. The highest BCUT2D eigenvalue weighted by Gasteiger charge is 2.33. The van der Waals surface area contributed by atoms with E-state index >= 15 is 0 Å². The Morgan fingerprint density at radius 3 is 2.45 bits per heavy atom. The SMILES string of the molecule is CCOc1ccc(N(CC)S(=O)(=O)c2cc3c(cc2Br)C[C@H](C)N3C(C)=O)cc1. The number of fused-ring (bicyclic) bond motifs is 1. The van der Waals surface area contributed by atoms with Gasteiger partial charge in [0.15, 0.2) is 0 Å². The predicted molar refractivity (Wildman–Crippen MR) is 118 cm³/mol. The quantitative estimate of drug-likeness (QED) is 0.615. The van der Waals surface area contributed by atoms with Crippen LogP contribution in [0.5, 0.6) is 5.75 Å². The number of sulfonamides is 1. The van der Waals surface area contributed by atoms with Gasteiger partial charge in [0.25, 0.3) is 10.0 Å². The number of rotatable bonds is 6. The van der Waals surface area contributed by atoms with Crippen LogP contribution in [0.1, 0.15) is 33.3 Å². The first-order chi connectivity index (χ1) is 13.7. The second-order valence-electron chi connectivity index (χ2n) is 6.95. The third-order valence-corrected chi connectivity index (χ3v) is 7.84. The Labute approximate surface area is 180 Å². The number of anilines is 2. The van der Waals surface area contributed by atoms with Crippen molar-refractivity contribution in [2.75, 3.05) is 22.4 Å². The van der Waals surface area contributed by atoms with Crippen LogP contribution in [-0.4, -0.2) is 33.5 Å². The van der Waals surface area contributed by atoms with E-state index in [0.29, 0.717) is 34.6 Å². The molecular weight excluding hydrogens is 456 g/mol. The molecule has 0 unspecified atom stereocenters. The lowest BCUT2D eigenvalue weighted by molar-refractivity contribution is -0.116. The minimum atomic E-state index is -3.84. The first kappa shape index (κ1) is 21.6. The normalized spacial score (nSPS) is 15.9. The molecule has 0 fully saturated rings. The van der Waals surface area contributed by atoms with Gasteiger partial charge < -0.3 is 9.64 Å². The van der Waals surface area contributed by atoms with E-state index in [9.17, 15) is 13.2 Å². The molecule has 156 valence electrons. The largest absolute Gasteiger partial charge is 0.494 e. The zero-order valence-electron chi connectivity index (χ0n) is 17.0. The van der Waals surface area contributed by atoms with E-state index in [0.717, 1.165) is 5.56 Å². The summed E-state index contributed by atoms with van der Waals surface area (Å²) >= 11 is 3.44. The van der Waals surface area contributed by atoms with Crippen molar-refractivity contribution in [3.05, 3.63) is 46.4 Å². The molecule has 0 saturated carbocycles. The topological polar surface area (TPSA) is 66.9 Å². The van der Waals surface area contributed by atoms with Gasteiger partial charge in [0.2, 0.25) is 5.91 Å². The number of benzene rings is 2. The van der Waals surface area contributed by atoms with Crippen LogP contribution in [0.25, 0.3) is 0 Å². The van der Waals surface area contributed by atoms with Crippen LogP contribution >= 0.6 is 15.9 Å². The molecule has 8 heteroatoms. The maximum Gasteiger partial charge on any atom is 0.265 e. The predicted octanol–water partition coefficient (Wildman–Crippen LogP) is 4.36. The first-order valence-electron chi connectivity index (χ1n) is 9.58. The molecule has 29 heavy (non-hydrogen) atoms. The molecule has 1 aliphatic rings. The van der Waals surface area contributed by atoms with Gasteiger partial charge in [-0.1, -0.05) is 0 Å². The third-order valence-electron chi connectivity index (χ3n) is 4.98. The van der Waals surface area contributed by atoms with Crippen LogP contribution in [0.3, 0.4) is 0 Å². The first-order valence-corrected chi connectivity index (χ1v) is 11.8. The molecule has 1 heterocycles. The van der Waals surface area contributed by atoms with E-state index in [1.165, 1.54) is 11.2 Å². The lowest BCUT2D eigenvalue weighted by atomic mass is 10.1. The second kappa shape index (κ2) is 8.36. The minimum Gasteiger partial charge on any atom is -0.494 e. The molecule has 1 atom stereocenters. The third kappa shape index (κ3) is 4.00. The molecule has 2 aromatic rings. The summed E-state index contributed by atoms with van der Waals surface area (Å²) in [5.74, 6) is 0.593. The molecule has 0 aromatic heterocycles. The molecule has 0 radical (unpaired) electrons. The molecule has 0 saturated heterocycles. The molecule has 3 rings (SSSR count). The Bertz CT molecular complexity index is 1020. The Morgan fingerprint density at radius 1 is 1.24 bits per heavy atom. The van der Waals surface area contributed by atoms with Crippen molar-refractivity contribution in [1.82, 2.24) is 0 Å². The van der Waals surface area contributed by atoms with Crippen LogP contribution < -0.4 is 13.9 Å². The van der Waals surface area contributed by atoms with Crippen molar-refractivity contribution in [3.63, 3.8) is 0 Å². The summed E-state index contributed by atoms with van der Waals surface area (Å²) in [5, 5.41) is 0. The zero-order chi connectivity index (χ0) is 21.3. The van der Waals surface area contributed by atoms with Gasteiger partial charge in [0.1, 0.15) is 10.6 Å². The van der Waals surface area contributed by atoms with Crippen molar-refractivity contribution in [2.45, 2.75) is 45.1 Å². The average Bonchev–Trinajstić information content (AvgIpc) is 2.97. The van der Waals surface area contributed by atoms with E-state index in [-0.39, 0.29) is 23.4 Å². The molecule has 0 bridgehead atoms. The number of carbonyl (C=O) groups excluding carboxylic acids is 1. The van der Waals surface area contributed by atoms with E-state index in [4.69, 9.17) is 4.74 Å². The van der Waals surface area contributed by atoms with Gasteiger partial charge in [-0.15, -0.1) is 0 Å². The molecule has 6 nitrogen and oxygen atoms in total. The maximum atomic E-state index is 13.5. The van der Waals surface area contributed by atoms with E-state index in [1.807, 2.05) is 19.9 Å². The fourth-order valence-electron chi connectivity index (χ4n) is 3.78. The molecule has 1 amide bonds. The van der Waals surface area contributed by atoms with Gasteiger partial charge in [-0.3, -0.25) is 9.10 Å². The van der Waals surface area contributed by atoms with Crippen LogP contribution in [0.15, 0.2) is 45.8 Å². The zero-order valence-corrected chi connectivity index (χ0v) is 19.4. The number of ether oxygens (including phenoxy) is 1. The summed E-state index contributed by atoms with van der Waals surface area (Å²) < 4.78 is 34.3. The molecule has 2 aromatic carbocycles. The van der Waals surface area contributed by atoms with Gasteiger partial charge in [0, 0.05) is 29.7 Å².